The molecular formula is C15H18BrNO2. The van der Waals surface area contributed by atoms with Gasteiger partial charge >= 0.3 is 0 Å². The summed E-state index contributed by atoms with van der Waals surface area (Å²) in [5.41, 5.74) is 0.301. The van der Waals surface area contributed by atoms with E-state index in [9.17, 15) is 9.59 Å². The molecule has 0 saturated carbocycles. The Morgan fingerprint density at radius 3 is 2.84 bits per heavy atom. The van der Waals surface area contributed by atoms with Crippen LogP contribution in [0.4, 0.5) is 0 Å². The smallest absolute Gasteiger partial charge is 0.227 e. The Kier molecular flexibility index (Phi) is 4.09. The molecule has 3 nitrogen and oxygen atoms in total. The Balaban J connectivity index is 2.13. The van der Waals surface area contributed by atoms with Crippen molar-refractivity contribution in [3.63, 3.8) is 0 Å². The van der Waals surface area contributed by atoms with E-state index in [0.717, 1.165) is 16.5 Å². The minimum atomic E-state index is -0.665. The van der Waals surface area contributed by atoms with Gasteiger partial charge in [0, 0.05) is 17.4 Å². The highest BCUT2D eigenvalue weighted by molar-refractivity contribution is 9.10. The summed E-state index contributed by atoms with van der Waals surface area (Å²) in [5.74, 6) is 0.178. The van der Waals surface area contributed by atoms with Crippen molar-refractivity contribution in [3.8, 4) is 0 Å². The normalized spacial score (nSPS) is 18.5. The third kappa shape index (κ3) is 3.06. The number of halogens is 1. The average Bonchev–Trinajstić information content (AvgIpc) is 2.32. The van der Waals surface area contributed by atoms with Crippen LogP contribution in [0.2, 0.25) is 0 Å². The maximum absolute atomic E-state index is 12.4. The highest BCUT2D eigenvalue weighted by atomic mass is 79.9. The zero-order chi connectivity index (χ0) is 14.0. The summed E-state index contributed by atoms with van der Waals surface area (Å²) in [6.45, 7) is 4.35. The second-order valence-corrected chi connectivity index (χ2v) is 6.35. The molecule has 0 atom stereocenters. The zero-order valence-corrected chi connectivity index (χ0v) is 12.9. The van der Waals surface area contributed by atoms with Gasteiger partial charge in [0.1, 0.15) is 0 Å². The van der Waals surface area contributed by atoms with Crippen LogP contribution in [0.15, 0.2) is 28.7 Å². The van der Waals surface area contributed by atoms with Crippen LogP contribution in [0, 0.1) is 0 Å². The van der Waals surface area contributed by atoms with Gasteiger partial charge in [-0.2, -0.15) is 0 Å². The van der Waals surface area contributed by atoms with Crippen molar-refractivity contribution in [3.05, 3.63) is 34.3 Å². The number of nitrogens with zero attached hydrogens (tertiary/aromatic N) is 1. The van der Waals surface area contributed by atoms with Gasteiger partial charge in [0.15, 0.2) is 5.78 Å². The van der Waals surface area contributed by atoms with E-state index >= 15 is 0 Å². The summed E-state index contributed by atoms with van der Waals surface area (Å²) in [4.78, 5) is 26.1. The zero-order valence-electron chi connectivity index (χ0n) is 11.3. The Bertz CT molecular complexity index is 511. The topological polar surface area (TPSA) is 37.4 Å². The standard InChI is InChI=1S/C15H18BrNO2/c1-15(2)13(18)7-4-8-17(15)14(19)10-11-5-3-6-12(16)9-11/h3,5-6,9H,4,7-8,10H2,1-2H3. The summed E-state index contributed by atoms with van der Waals surface area (Å²) in [6.07, 6.45) is 1.69. The molecule has 1 aliphatic heterocycles. The molecule has 4 heteroatoms. The number of ketones is 1. The van der Waals surface area contributed by atoms with Crippen LogP contribution in [0.1, 0.15) is 32.3 Å². The number of carbonyl (C=O) groups is 2. The van der Waals surface area contributed by atoms with Crippen molar-refractivity contribution in [2.24, 2.45) is 0 Å². The lowest BCUT2D eigenvalue weighted by molar-refractivity contribution is -0.147. The number of Topliss-reactive ketones (excluding diaryl/α,β-unsaturated/α-hetero) is 1. The van der Waals surface area contributed by atoms with Crippen molar-refractivity contribution in [2.75, 3.05) is 6.54 Å². The van der Waals surface area contributed by atoms with Crippen LogP contribution in [-0.4, -0.2) is 28.7 Å². The number of carbonyl (C=O) groups excluding carboxylic acids is 2. The second kappa shape index (κ2) is 5.45. The van der Waals surface area contributed by atoms with E-state index in [1.165, 1.54) is 0 Å². The summed E-state index contributed by atoms with van der Waals surface area (Å²) < 4.78 is 0.965. The molecule has 1 saturated heterocycles. The molecule has 0 N–H and O–H groups in total. The van der Waals surface area contributed by atoms with Crippen molar-refractivity contribution >= 4 is 27.6 Å². The highest BCUT2D eigenvalue weighted by Gasteiger charge is 2.39. The molecule has 1 fully saturated rings. The average molecular weight is 324 g/mol. The molecule has 19 heavy (non-hydrogen) atoms. The second-order valence-electron chi connectivity index (χ2n) is 5.44. The quantitative estimate of drug-likeness (QED) is 0.839. The Morgan fingerprint density at radius 2 is 2.16 bits per heavy atom. The lowest BCUT2D eigenvalue weighted by atomic mass is 9.88. The van der Waals surface area contributed by atoms with Crippen molar-refractivity contribution in [1.29, 1.82) is 0 Å². The number of rotatable bonds is 2. The van der Waals surface area contributed by atoms with Gasteiger partial charge in [-0.15, -0.1) is 0 Å². The van der Waals surface area contributed by atoms with Gasteiger partial charge in [-0.25, -0.2) is 0 Å². The molecule has 1 amide bonds. The molecule has 0 unspecified atom stereocenters. The number of amides is 1. The molecule has 0 spiro atoms. The summed E-state index contributed by atoms with van der Waals surface area (Å²) >= 11 is 3.40. The predicted molar refractivity (Wildman–Crippen MR) is 77.9 cm³/mol. The van der Waals surface area contributed by atoms with Crippen LogP contribution >= 0.6 is 15.9 Å². The van der Waals surface area contributed by atoms with Crippen LogP contribution in [-0.2, 0) is 16.0 Å². The fourth-order valence-electron chi connectivity index (χ4n) is 2.49. The molecule has 1 aromatic carbocycles. The highest BCUT2D eigenvalue weighted by Crippen LogP contribution is 2.25. The van der Waals surface area contributed by atoms with E-state index in [-0.39, 0.29) is 11.7 Å². The van der Waals surface area contributed by atoms with E-state index in [0.29, 0.717) is 19.4 Å². The molecule has 1 heterocycles. The first kappa shape index (κ1) is 14.3. The van der Waals surface area contributed by atoms with E-state index < -0.39 is 5.54 Å². The maximum Gasteiger partial charge on any atom is 0.227 e. The largest absolute Gasteiger partial charge is 0.330 e. The fraction of sp³-hybridized carbons (Fsp3) is 0.467. The molecule has 0 radical (unpaired) electrons. The maximum atomic E-state index is 12.4. The number of piperidine rings is 1. The molecule has 1 aliphatic rings. The van der Waals surface area contributed by atoms with E-state index in [1.54, 1.807) is 4.90 Å². The summed E-state index contributed by atoms with van der Waals surface area (Å²) in [5, 5.41) is 0. The third-order valence-corrected chi connectivity index (χ3v) is 4.18. The lowest BCUT2D eigenvalue weighted by Gasteiger charge is -2.41. The number of hydrogen-bond donors (Lipinski definition) is 0. The minimum Gasteiger partial charge on any atom is -0.330 e. The predicted octanol–water partition coefficient (Wildman–Crippen LogP) is 2.96. The van der Waals surface area contributed by atoms with Crippen LogP contribution in [0.25, 0.3) is 0 Å². The van der Waals surface area contributed by atoms with Gasteiger partial charge in [0.05, 0.1) is 12.0 Å². The van der Waals surface area contributed by atoms with E-state index in [2.05, 4.69) is 15.9 Å². The Hall–Kier alpha value is -1.16. The number of likely N-dealkylation sites (tertiary alicyclic amines) is 1. The van der Waals surface area contributed by atoms with E-state index in [1.807, 2.05) is 38.1 Å². The van der Waals surface area contributed by atoms with Crippen LogP contribution < -0.4 is 0 Å². The molecule has 2 rings (SSSR count). The summed E-state index contributed by atoms with van der Waals surface area (Å²) in [6, 6.07) is 7.72. The lowest BCUT2D eigenvalue weighted by Crippen LogP contribution is -2.56. The van der Waals surface area contributed by atoms with E-state index in [4.69, 9.17) is 0 Å². The first-order chi connectivity index (χ1) is 8.91. The van der Waals surface area contributed by atoms with Crippen LogP contribution in [0.3, 0.4) is 0 Å². The van der Waals surface area contributed by atoms with Gasteiger partial charge in [-0.05, 0) is 38.0 Å². The molecule has 0 bridgehead atoms. The Labute approximate surface area is 122 Å². The number of benzene rings is 1. The minimum absolute atomic E-state index is 0.0242. The van der Waals surface area contributed by atoms with Gasteiger partial charge in [-0.3, -0.25) is 9.59 Å². The van der Waals surface area contributed by atoms with Gasteiger partial charge in [0.25, 0.3) is 0 Å². The molecule has 0 aliphatic carbocycles. The Morgan fingerprint density at radius 1 is 1.42 bits per heavy atom. The van der Waals surface area contributed by atoms with Crippen molar-refractivity contribution in [2.45, 2.75) is 38.6 Å². The molecular weight excluding hydrogens is 306 g/mol. The fourth-order valence-corrected chi connectivity index (χ4v) is 2.93. The molecule has 102 valence electrons. The monoisotopic (exact) mass is 323 g/mol. The van der Waals surface area contributed by atoms with Crippen molar-refractivity contribution in [1.82, 2.24) is 4.90 Å². The summed E-state index contributed by atoms with van der Waals surface area (Å²) in [7, 11) is 0. The molecule has 0 aromatic heterocycles. The SMILES string of the molecule is CC1(C)C(=O)CCCN1C(=O)Cc1cccc(Br)c1. The molecule has 1 aromatic rings. The first-order valence-electron chi connectivity index (χ1n) is 6.49. The van der Waals surface area contributed by atoms with Gasteiger partial charge in [0.2, 0.25) is 5.91 Å². The van der Waals surface area contributed by atoms with Crippen molar-refractivity contribution < 1.29 is 9.59 Å². The van der Waals surface area contributed by atoms with Gasteiger partial charge < -0.3 is 4.90 Å². The van der Waals surface area contributed by atoms with Gasteiger partial charge in [-0.1, -0.05) is 28.1 Å². The van der Waals surface area contributed by atoms with Crippen LogP contribution in [0.5, 0.6) is 0 Å². The third-order valence-electron chi connectivity index (χ3n) is 3.69. The number of hydrogen-bond acceptors (Lipinski definition) is 2. The first-order valence-corrected chi connectivity index (χ1v) is 7.29.